The maximum Gasteiger partial charge on any atom is 0.147 e. The molecular weight excluding hydrogens is 120 g/mol. The van der Waals surface area contributed by atoms with Gasteiger partial charge in [0.15, 0.2) is 0 Å². The molecule has 0 aliphatic carbocycles. The fraction of sp³-hybridized carbons (Fsp3) is 0.667. The molecule has 1 rings (SSSR count). The van der Waals surface area contributed by atoms with Gasteiger partial charge in [0, 0.05) is 0 Å². The molecule has 9 heavy (non-hydrogen) atoms. The summed E-state index contributed by atoms with van der Waals surface area (Å²) in [5.74, 6) is 0. The van der Waals surface area contributed by atoms with E-state index in [9.17, 15) is 0 Å². The molecule has 1 heterocycles. The van der Waals surface area contributed by atoms with Gasteiger partial charge in [-0.2, -0.15) is 0 Å². The van der Waals surface area contributed by atoms with E-state index in [0.717, 1.165) is 0 Å². The predicted octanol–water partition coefficient (Wildman–Crippen LogP) is -0.399. The molecule has 0 amide bonds. The average molecular weight is 130 g/mol. The molecule has 1 unspecified atom stereocenters. The van der Waals surface area contributed by atoms with E-state index in [1.54, 1.807) is 0 Å². The normalized spacial score (nSPS) is 24.6. The minimum Gasteiger partial charge on any atom is -0.394 e. The van der Waals surface area contributed by atoms with Crippen LogP contribution in [0.5, 0.6) is 0 Å². The standard InChI is InChI=1S/C4H8O3.C2H2/c5-1-4-2-6-3-7-4;1-2/h4-5H,1-3H2;1-2H. The van der Waals surface area contributed by atoms with Gasteiger partial charge in [-0.3, -0.25) is 0 Å². The van der Waals surface area contributed by atoms with Gasteiger partial charge in [-0.1, -0.05) is 0 Å². The summed E-state index contributed by atoms with van der Waals surface area (Å²) >= 11 is 0. The minimum absolute atomic E-state index is 0.0694. The Morgan fingerprint density at radius 2 is 2.22 bits per heavy atom. The molecule has 1 aliphatic rings. The second-order valence-electron chi connectivity index (χ2n) is 1.46. The Labute approximate surface area is 54.6 Å². The molecule has 0 spiro atoms. The zero-order valence-corrected chi connectivity index (χ0v) is 5.12. The average Bonchev–Trinajstić information content (AvgIpc) is 2.43. The number of aliphatic hydroxyl groups excluding tert-OH is 1. The van der Waals surface area contributed by atoms with Crippen molar-refractivity contribution in [3.63, 3.8) is 0 Å². The largest absolute Gasteiger partial charge is 0.394 e. The van der Waals surface area contributed by atoms with Gasteiger partial charge in [0.05, 0.1) is 13.2 Å². The molecule has 0 bridgehead atoms. The lowest BCUT2D eigenvalue weighted by Gasteiger charge is -1.97. The zero-order chi connectivity index (χ0) is 7.11. The van der Waals surface area contributed by atoms with Crippen molar-refractivity contribution in [1.29, 1.82) is 0 Å². The second kappa shape index (κ2) is 5.57. The third-order valence-corrected chi connectivity index (χ3v) is 0.894. The smallest absolute Gasteiger partial charge is 0.147 e. The van der Waals surface area contributed by atoms with Crippen molar-refractivity contribution in [1.82, 2.24) is 0 Å². The van der Waals surface area contributed by atoms with Crippen LogP contribution in [0.1, 0.15) is 0 Å². The maximum atomic E-state index is 8.36. The van der Waals surface area contributed by atoms with E-state index in [4.69, 9.17) is 14.6 Å². The molecule has 0 aromatic heterocycles. The first kappa shape index (κ1) is 8.44. The molecule has 1 aliphatic heterocycles. The van der Waals surface area contributed by atoms with Crippen LogP contribution in [0.2, 0.25) is 0 Å². The number of ether oxygens (including phenoxy) is 2. The summed E-state index contributed by atoms with van der Waals surface area (Å²) in [7, 11) is 0. The van der Waals surface area contributed by atoms with Crippen LogP contribution in [-0.4, -0.2) is 31.2 Å². The SMILES string of the molecule is C#C.OCC1COCO1. The first-order valence-electron chi connectivity index (χ1n) is 2.57. The van der Waals surface area contributed by atoms with Crippen LogP contribution in [-0.2, 0) is 9.47 Å². The van der Waals surface area contributed by atoms with Crippen LogP contribution < -0.4 is 0 Å². The lowest BCUT2D eigenvalue weighted by molar-refractivity contribution is 0.0280. The lowest BCUT2D eigenvalue weighted by atomic mass is 10.4. The Morgan fingerprint density at radius 3 is 2.44 bits per heavy atom. The van der Waals surface area contributed by atoms with Gasteiger partial charge < -0.3 is 14.6 Å². The van der Waals surface area contributed by atoms with Crippen molar-refractivity contribution in [2.45, 2.75) is 6.10 Å². The van der Waals surface area contributed by atoms with Gasteiger partial charge in [-0.25, -0.2) is 0 Å². The van der Waals surface area contributed by atoms with Crippen LogP contribution in [0.15, 0.2) is 0 Å². The summed E-state index contributed by atoms with van der Waals surface area (Å²) in [4.78, 5) is 0. The van der Waals surface area contributed by atoms with Crippen molar-refractivity contribution >= 4 is 0 Å². The highest BCUT2D eigenvalue weighted by Gasteiger charge is 2.13. The van der Waals surface area contributed by atoms with Gasteiger partial charge in [-0.15, -0.1) is 12.8 Å². The molecular formula is C6H10O3. The van der Waals surface area contributed by atoms with E-state index in [1.165, 1.54) is 0 Å². The van der Waals surface area contributed by atoms with Crippen molar-refractivity contribution in [3.05, 3.63) is 0 Å². The molecule has 1 atom stereocenters. The molecule has 1 N–H and O–H groups in total. The highest BCUT2D eigenvalue weighted by molar-refractivity contribution is 4.55. The Kier molecular flexibility index (Phi) is 5.23. The van der Waals surface area contributed by atoms with Crippen molar-refractivity contribution in [2.24, 2.45) is 0 Å². The molecule has 3 heteroatoms. The third kappa shape index (κ3) is 3.09. The Hall–Kier alpha value is -0.560. The maximum absolute atomic E-state index is 8.36. The summed E-state index contributed by atoms with van der Waals surface area (Å²) in [6.45, 7) is 0.946. The van der Waals surface area contributed by atoms with Crippen molar-refractivity contribution in [3.8, 4) is 12.8 Å². The highest BCUT2D eigenvalue weighted by atomic mass is 16.7. The zero-order valence-electron chi connectivity index (χ0n) is 5.12. The molecule has 0 aromatic rings. The van der Waals surface area contributed by atoms with Gasteiger partial charge in [-0.05, 0) is 0 Å². The second-order valence-corrected chi connectivity index (χ2v) is 1.46. The van der Waals surface area contributed by atoms with Gasteiger partial charge in [0.25, 0.3) is 0 Å². The van der Waals surface area contributed by atoms with Gasteiger partial charge >= 0.3 is 0 Å². The van der Waals surface area contributed by atoms with E-state index in [-0.39, 0.29) is 12.7 Å². The van der Waals surface area contributed by atoms with Gasteiger partial charge in [0.1, 0.15) is 12.9 Å². The summed E-state index contributed by atoms with van der Waals surface area (Å²) < 4.78 is 9.60. The van der Waals surface area contributed by atoms with Crippen LogP contribution >= 0.6 is 0 Å². The van der Waals surface area contributed by atoms with Crippen LogP contribution in [0.4, 0.5) is 0 Å². The lowest BCUT2D eigenvalue weighted by Crippen LogP contribution is -2.13. The van der Waals surface area contributed by atoms with Crippen LogP contribution in [0.25, 0.3) is 0 Å². The first-order valence-corrected chi connectivity index (χ1v) is 2.57. The van der Waals surface area contributed by atoms with Crippen molar-refractivity contribution < 1.29 is 14.6 Å². The van der Waals surface area contributed by atoms with Crippen LogP contribution in [0.3, 0.4) is 0 Å². The summed E-state index contributed by atoms with van der Waals surface area (Å²) in [6.07, 6.45) is 7.93. The summed E-state index contributed by atoms with van der Waals surface area (Å²) in [6, 6.07) is 0. The van der Waals surface area contributed by atoms with Crippen LogP contribution in [0, 0.1) is 12.8 Å². The third-order valence-electron chi connectivity index (χ3n) is 0.894. The van der Waals surface area contributed by atoms with E-state index in [0.29, 0.717) is 13.4 Å². The summed E-state index contributed by atoms with van der Waals surface area (Å²) in [5, 5.41) is 8.36. The molecule has 3 nitrogen and oxygen atoms in total. The van der Waals surface area contributed by atoms with E-state index in [2.05, 4.69) is 12.8 Å². The number of aliphatic hydroxyl groups is 1. The Balaban J connectivity index is 0.000000291. The number of terminal acetylenes is 1. The van der Waals surface area contributed by atoms with Crippen molar-refractivity contribution in [2.75, 3.05) is 20.0 Å². The molecule has 1 saturated heterocycles. The molecule has 52 valence electrons. The molecule has 0 radical (unpaired) electrons. The predicted molar refractivity (Wildman–Crippen MR) is 32.7 cm³/mol. The fourth-order valence-electron chi connectivity index (χ4n) is 0.477. The topological polar surface area (TPSA) is 38.7 Å². The van der Waals surface area contributed by atoms with Gasteiger partial charge in [0.2, 0.25) is 0 Å². The summed E-state index contributed by atoms with van der Waals surface area (Å²) in [5.41, 5.74) is 0. The van der Waals surface area contributed by atoms with E-state index >= 15 is 0 Å². The Bertz CT molecular complexity index is 73.6. The van der Waals surface area contributed by atoms with E-state index < -0.39 is 0 Å². The molecule has 0 saturated carbocycles. The number of hydrogen-bond donors (Lipinski definition) is 1. The molecule has 1 fully saturated rings. The quantitative estimate of drug-likeness (QED) is 0.491. The number of hydrogen-bond acceptors (Lipinski definition) is 3. The highest BCUT2D eigenvalue weighted by Crippen LogP contribution is 1.99. The number of rotatable bonds is 1. The first-order chi connectivity index (χ1) is 4.43. The molecule has 0 aromatic carbocycles. The monoisotopic (exact) mass is 130 g/mol. The minimum atomic E-state index is -0.0694. The Morgan fingerprint density at radius 1 is 1.56 bits per heavy atom. The van der Waals surface area contributed by atoms with E-state index in [1.807, 2.05) is 0 Å². The fourth-order valence-corrected chi connectivity index (χ4v) is 0.477.